The predicted octanol–water partition coefficient (Wildman–Crippen LogP) is 2.18. The molecule has 1 aromatic heterocycles. The summed E-state index contributed by atoms with van der Waals surface area (Å²) in [6.45, 7) is 7.12. The lowest BCUT2D eigenvalue weighted by Crippen LogP contribution is -2.37. The zero-order chi connectivity index (χ0) is 14.6. The molecule has 0 radical (unpaired) electrons. The third-order valence-electron chi connectivity index (χ3n) is 3.31. The molecule has 0 aliphatic heterocycles. The van der Waals surface area contributed by atoms with E-state index in [-0.39, 0.29) is 18.2 Å². The Hall–Kier alpha value is -1.50. The first-order valence-corrected chi connectivity index (χ1v) is 6.96. The second-order valence-corrected chi connectivity index (χ2v) is 6.02. The van der Waals surface area contributed by atoms with Gasteiger partial charge in [0.25, 0.3) is 0 Å². The van der Waals surface area contributed by atoms with Crippen LogP contribution in [0.25, 0.3) is 0 Å². The summed E-state index contributed by atoms with van der Waals surface area (Å²) in [5.41, 5.74) is -1.08. The van der Waals surface area contributed by atoms with Crippen molar-refractivity contribution in [3.8, 4) is 0 Å². The zero-order valence-corrected chi connectivity index (χ0v) is 12.4. The van der Waals surface area contributed by atoms with Gasteiger partial charge >= 0.3 is 5.97 Å². The average Bonchev–Trinajstić information content (AvgIpc) is 2.75. The number of carboxylic acids is 1. The summed E-state index contributed by atoms with van der Waals surface area (Å²) in [6.07, 6.45) is 0.674. The van der Waals surface area contributed by atoms with Crippen molar-refractivity contribution in [2.75, 3.05) is 5.32 Å². The number of rotatable bonds is 6. The quantitative estimate of drug-likeness (QED) is 0.835. The van der Waals surface area contributed by atoms with Gasteiger partial charge in [0.2, 0.25) is 11.0 Å². The third kappa shape index (κ3) is 3.73. The number of aliphatic carboxylic acids is 1. The molecule has 106 valence electrons. The lowest BCUT2D eigenvalue weighted by Gasteiger charge is -2.27. The number of anilines is 1. The second-order valence-electron chi connectivity index (χ2n) is 4.96. The molecule has 7 heteroatoms. The van der Waals surface area contributed by atoms with Gasteiger partial charge in [0.1, 0.15) is 5.01 Å². The van der Waals surface area contributed by atoms with Crippen molar-refractivity contribution >= 4 is 28.3 Å². The van der Waals surface area contributed by atoms with Gasteiger partial charge in [0.05, 0.1) is 5.41 Å². The molecule has 0 aromatic carbocycles. The molecule has 0 spiro atoms. The number of amides is 1. The molecule has 1 unspecified atom stereocenters. The van der Waals surface area contributed by atoms with E-state index in [0.29, 0.717) is 5.13 Å². The first-order valence-electron chi connectivity index (χ1n) is 6.15. The lowest BCUT2D eigenvalue weighted by atomic mass is 9.76. The van der Waals surface area contributed by atoms with E-state index in [1.54, 1.807) is 20.8 Å². The summed E-state index contributed by atoms with van der Waals surface area (Å²) in [5.74, 6) is -1.46. The molecule has 1 rings (SSSR count). The minimum Gasteiger partial charge on any atom is -0.481 e. The molecule has 6 nitrogen and oxygen atoms in total. The van der Waals surface area contributed by atoms with Crippen molar-refractivity contribution < 1.29 is 14.7 Å². The van der Waals surface area contributed by atoms with E-state index in [2.05, 4.69) is 15.5 Å². The Labute approximate surface area is 116 Å². The molecule has 1 aromatic rings. The molecule has 0 aliphatic rings. The van der Waals surface area contributed by atoms with E-state index in [1.807, 2.05) is 6.92 Å². The van der Waals surface area contributed by atoms with Crippen LogP contribution in [0.15, 0.2) is 0 Å². The number of nitrogens with zero attached hydrogens (tertiary/aromatic N) is 2. The Kier molecular flexibility index (Phi) is 4.99. The van der Waals surface area contributed by atoms with Crippen LogP contribution in [0.2, 0.25) is 0 Å². The summed E-state index contributed by atoms with van der Waals surface area (Å²) in [4.78, 5) is 23.2. The predicted molar refractivity (Wildman–Crippen MR) is 73.1 cm³/mol. The van der Waals surface area contributed by atoms with E-state index >= 15 is 0 Å². The van der Waals surface area contributed by atoms with Crippen LogP contribution in [0.3, 0.4) is 0 Å². The van der Waals surface area contributed by atoms with Gasteiger partial charge in [0.15, 0.2) is 0 Å². The Balaban J connectivity index is 2.71. The molecule has 19 heavy (non-hydrogen) atoms. The molecule has 0 aliphatic carbocycles. The van der Waals surface area contributed by atoms with Crippen LogP contribution in [0.4, 0.5) is 5.13 Å². The summed E-state index contributed by atoms with van der Waals surface area (Å²) in [5, 5.41) is 20.8. The monoisotopic (exact) mass is 285 g/mol. The largest absolute Gasteiger partial charge is 0.481 e. The van der Waals surface area contributed by atoms with E-state index < -0.39 is 11.4 Å². The number of carboxylic acid groups (broad SMARTS) is 1. The second kappa shape index (κ2) is 6.10. The van der Waals surface area contributed by atoms with Gasteiger partial charge in [-0.15, -0.1) is 10.2 Å². The maximum Gasteiger partial charge on any atom is 0.310 e. The van der Waals surface area contributed by atoms with Crippen LogP contribution < -0.4 is 5.32 Å². The van der Waals surface area contributed by atoms with Crippen LogP contribution >= 0.6 is 11.3 Å². The van der Waals surface area contributed by atoms with Crippen LogP contribution in [0.1, 0.15) is 39.1 Å². The summed E-state index contributed by atoms with van der Waals surface area (Å²) in [6, 6.07) is 0. The first-order chi connectivity index (χ1) is 8.79. The van der Waals surface area contributed by atoms with E-state index in [4.69, 9.17) is 0 Å². The van der Waals surface area contributed by atoms with Gasteiger partial charge in [-0.05, 0) is 19.3 Å². The maximum absolute atomic E-state index is 11.9. The highest BCUT2D eigenvalue weighted by Gasteiger charge is 2.38. The number of carbonyl (C=O) groups is 2. The molecule has 2 N–H and O–H groups in total. The summed E-state index contributed by atoms with van der Waals surface area (Å²) >= 11 is 1.30. The zero-order valence-electron chi connectivity index (χ0n) is 11.6. The Bertz CT molecular complexity index is 473. The van der Waals surface area contributed by atoms with Gasteiger partial charge in [-0.25, -0.2) is 0 Å². The van der Waals surface area contributed by atoms with E-state index in [0.717, 1.165) is 11.4 Å². The number of hydrogen-bond donors (Lipinski definition) is 2. The summed E-state index contributed by atoms with van der Waals surface area (Å²) in [7, 11) is 0. The highest BCUT2D eigenvalue weighted by atomic mass is 32.1. The molecule has 0 saturated carbocycles. The molecular formula is C12H19N3O3S. The van der Waals surface area contributed by atoms with Crippen molar-refractivity contribution in [3.05, 3.63) is 5.01 Å². The van der Waals surface area contributed by atoms with Crippen molar-refractivity contribution in [2.45, 2.75) is 40.5 Å². The normalized spacial score (nSPS) is 14.2. The SMILES string of the molecule is CCc1nnc(NC(=O)CC(C)(C(=O)O)C(C)C)s1. The van der Waals surface area contributed by atoms with Crippen molar-refractivity contribution in [1.82, 2.24) is 10.2 Å². The molecule has 1 heterocycles. The Morgan fingerprint density at radius 3 is 2.47 bits per heavy atom. The van der Waals surface area contributed by atoms with Crippen LogP contribution in [-0.2, 0) is 16.0 Å². The number of nitrogens with one attached hydrogen (secondary N) is 1. The Morgan fingerprint density at radius 1 is 1.42 bits per heavy atom. The minimum absolute atomic E-state index is 0.0823. The number of aryl methyl sites for hydroxylation is 1. The van der Waals surface area contributed by atoms with Gasteiger partial charge in [-0.2, -0.15) is 0 Å². The van der Waals surface area contributed by atoms with Crippen LogP contribution in [-0.4, -0.2) is 27.2 Å². The van der Waals surface area contributed by atoms with Crippen LogP contribution in [0.5, 0.6) is 0 Å². The molecular weight excluding hydrogens is 266 g/mol. The van der Waals surface area contributed by atoms with Gasteiger partial charge in [-0.1, -0.05) is 32.1 Å². The molecule has 0 fully saturated rings. The van der Waals surface area contributed by atoms with E-state index in [1.165, 1.54) is 11.3 Å². The fraction of sp³-hybridized carbons (Fsp3) is 0.667. The number of carbonyl (C=O) groups excluding carboxylic acids is 1. The van der Waals surface area contributed by atoms with E-state index in [9.17, 15) is 14.7 Å². The van der Waals surface area contributed by atoms with Crippen molar-refractivity contribution in [3.63, 3.8) is 0 Å². The lowest BCUT2D eigenvalue weighted by molar-refractivity contribution is -0.153. The highest BCUT2D eigenvalue weighted by Crippen LogP contribution is 2.32. The smallest absolute Gasteiger partial charge is 0.310 e. The molecule has 0 saturated heterocycles. The van der Waals surface area contributed by atoms with Crippen LogP contribution in [0, 0.1) is 11.3 Å². The standard InChI is InChI=1S/C12H19N3O3S/c1-5-9-14-15-11(19-9)13-8(16)6-12(4,7(2)3)10(17)18/h7H,5-6H2,1-4H3,(H,17,18)(H,13,15,16). The van der Waals surface area contributed by atoms with Crippen molar-refractivity contribution in [1.29, 1.82) is 0 Å². The van der Waals surface area contributed by atoms with Gasteiger partial charge in [0, 0.05) is 6.42 Å². The van der Waals surface area contributed by atoms with Crippen molar-refractivity contribution in [2.24, 2.45) is 11.3 Å². The molecule has 1 atom stereocenters. The minimum atomic E-state index is -1.08. The fourth-order valence-corrected chi connectivity index (χ4v) is 2.17. The summed E-state index contributed by atoms with van der Waals surface area (Å²) < 4.78 is 0. The average molecular weight is 285 g/mol. The topological polar surface area (TPSA) is 92.2 Å². The number of hydrogen-bond acceptors (Lipinski definition) is 5. The first kappa shape index (κ1) is 15.6. The Morgan fingerprint density at radius 2 is 2.05 bits per heavy atom. The maximum atomic E-state index is 11.9. The van der Waals surface area contributed by atoms with Gasteiger partial charge < -0.3 is 10.4 Å². The molecule has 1 amide bonds. The number of aromatic nitrogens is 2. The third-order valence-corrected chi connectivity index (χ3v) is 4.29. The van der Waals surface area contributed by atoms with Gasteiger partial charge in [-0.3, -0.25) is 9.59 Å². The highest BCUT2D eigenvalue weighted by molar-refractivity contribution is 7.15. The fourth-order valence-electron chi connectivity index (χ4n) is 1.47. The molecule has 0 bridgehead atoms.